The van der Waals surface area contributed by atoms with Crippen LogP contribution in [0, 0.1) is 6.92 Å². The SMILES string of the molecule is CCOc1cc(-n2ccc(N)n2)nc(C)n1. The zero-order valence-electron chi connectivity index (χ0n) is 9.21. The summed E-state index contributed by atoms with van der Waals surface area (Å²) in [6, 6.07) is 3.43. The van der Waals surface area contributed by atoms with Crippen LogP contribution in [-0.4, -0.2) is 26.4 Å². The maximum Gasteiger partial charge on any atom is 0.218 e. The van der Waals surface area contributed by atoms with E-state index in [1.807, 2.05) is 6.92 Å². The fraction of sp³-hybridized carbons (Fsp3) is 0.300. The highest BCUT2D eigenvalue weighted by atomic mass is 16.5. The lowest BCUT2D eigenvalue weighted by atomic mass is 10.5. The average Bonchev–Trinajstić information content (AvgIpc) is 2.64. The average molecular weight is 219 g/mol. The molecule has 0 aliphatic rings. The van der Waals surface area contributed by atoms with E-state index in [2.05, 4.69) is 15.1 Å². The third kappa shape index (κ3) is 2.10. The monoisotopic (exact) mass is 219 g/mol. The summed E-state index contributed by atoms with van der Waals surface area (Å²) in [6.45, 7) is 4.28. The molecule has 0 aliphatic heterocycles. The Labute approximate surface area is 93.1 Å². The highest BCUT2D eigenvalue weighted by Gasteiger charge is 2.05. The predicted octanol–water partition coefficient (Wildman–Crippen LogP) is 0.952. The first-order valence-electron chi connectivity index (χ1n) is 4.99. The predicted molar refractivity (Wildman–Crippen MR) is 59.5 cm³/mol. The number of aromatic nitrogens is 4. The molecule has 2 N–H and O–H groups in total. The fourth-order valence-electron chi connectivity index (χ4n) is 1.33. The van der Waals surface area contributed by atoms with Gasteiger partial charge in [0.05, 0.1) is 6.61 Å². The quantitative estimate of drug-likeness (QED) is 0.831. The van der Waals surface area contributed by atoms with Gasteiger partial charge >= 0.3 is 0 Å². The first kappa shape index (κ1) is 10.4. The summed E-state index contributed by atoms with van der Waals surface area (Å²) in [7, 11) is 0. The Morgan fingerprint density at radius 3 is 2.88 bits per heavy atom. The third-order valence-electron chi connectivity index (χ3n) is 1.94. The van der Waals surface area contributed by atoms with Crippen LogP contribution in [0.25, 0.3) is 5.82 Å². The van der Waals surface area contributed by atoms with Gasteiger partial charge in [0.2, 0.25) is 5.88 Å². The van der Waals surface area contributed by atoms with Crippen LogP contribution in [0.1, 0.15) is 12.7 Å². The molecule has 0 fully saturated rings. The summed E-state index contributed by atoms with van der Waals surface area (Å²) in [5.74, 6) is 2.27. The van der Waals surface area contributed by atoms with Crippen molar-refractivity contribution in [1.82, 2.24) is 19.7 Å². The first-order chi connectivity index (χ1) is 7.69. The van der Waals surface area contributed by atoms with E-state index < -0.39 is 0 Å². The molecule has 84 valence electrons. The van der Waals surface area contributed by atoms with E-state index in [4.69, 9.17) is 10.5 Å². The minimum atomic E-state index is 0.453. The van der Waals surface area contributed by atoms with Gasteiger partial charge in [-0.3, -0.25) is 0 Å². The van der Waals surface area contributed by atoms with Crippen LogP contribution >= 0.6 is 0 Å². The number of ether oxygens (including phenoxy) is 1. The molecule has 2 aromatic rings. The number of anilines is 1. The molecule has 0 spiro atoms. The lowest BCUT2D eigenvalue weighted by Crippen LogP contribution is -2.04. The second-order valence-corrected chi connectivity index (χ2v) is 3.23. The van der Waals surface area contributed by atoms with Crippen LogP contribution in [0.4, 0.5) is 5.82 Å². The van der Waals surface area contributed by atoms with E-state index in [1.165, 1.54) is 0 Å². The summed E-state index contributed by atoms with van der Waals surface area (Å²) in [6.07, 6.45) is 1.74. The Morgan fingerprint density at radius 2 is 2.25 bits per heavy atom. The number of nitrogens with two attached hydrogens (primary N) is 1. The maximum absolute atomic E-state index is 5.54. The molecule has 2 heterocycles. The molecule has 2 aromatic heterocycles. The van der Waals surface area contributed by atoms with Gasteiger partial charge in [-0.25, -0.2) is 9.67 Å². The number of hydrogen-bond acceptors (Lipinski definition) is 5. The molecule has 0 atom stereocenters. The van der Waals surface area contributed by atoms with Gasteiger partial charge < -0.3 is 10.5 Å². The van der Waals surface area contributed by atoms with Gasteiger partial charge in [-0.2, -0.15) is 4.98 Å². The van der Waals surface area contributed by atoms with E-state index in [0.29, 0.717) is 29.9 Å². The van der Waals surface area contributed by atoms with Crippen molar-refractivity contribution >= 4 is 5.82 Å². The standard InChI is InChI=1S/C10H13N5O/c1-3-16-10-6-9(12-7(2)13-10)15-5-4-8(11)14-15/h4-6H,3H2,1-2H3,(H2,11,14). The van der Waals surface area contributed by atoms with Crippen LogP contribution in [0.3, 0.4) is 0 Å². The van der Waals surface area contributed by atoms with Gasteiger partial charge in [-0.1, -0.05) is 0 Å². The summed E-state index contributed by atoms with van der Waals surface area (Å²) in [4.78, 5) is 8.40. The second-order valence-electron chi connectivity index (χ2n) is 3.23. The molecule has 0 aliphatic carbocycles. The fourth-order valence-corrected chi connectivity index (χ4v) is 1.33. The lowest BCUT2D eigenvalue weighted by Gasteiger charge is -2.05. The van der Waals surface area contributed by atoms with E-state index in [0.717, 1.165) is 0 Å². The lowest BCUT2D eigenvalue weighted by molar-refractivity contribution is 0.325. The highest BCUT2D eigenvalue weighted by molar-refractivity contribution is 5.32. The normalized spacial score (nSPS) is 10.4. The topological polar surface area (TPSA) is 78.9 Å². The Hall–Kier alpha value is -2.11. The van der Waals surface area contributed by atoms with Crippen LogP contribution < -0.4 is 10.5 Å². The number of nitrogen functional groups attached to an aromatic ring is 1. The molecule has 2 rings (SSSR count). The number of hydrogen-bond donors (Lipinski definition) is 1. The van der Waals surface area contributed by atoms with Crippen molar-refractivity contribution in [2.45, 2.75) is 13.8 Å². The Bertz CT molecular complexity index is 494. The third-order valence-corrected chi connectivity index (χ3v) is 1.94. The van der Waals surface area contributed by atoms with Crippen LogP contribution in [-0.2, 0) is 0 Å². The molecule has 6 heteroatoms. The largest absolute Gasteiger partial charge is 0.478 e. The van der Waals surface area contributed by atoms with Gasteiger partial charge in [0, 0.05) is 18.3 Å². The zero-order valence-corrected chi connectivity index (χ0v) is 9.21. The Morgan fingerprint density at radius 1 is 1.44 bits per heavy atom. The van der Waals surface area contributed by atoms with E-state index in [1.54, 1.807) is 29.9 Å². The Kier molecular flexibility index (Phi) is 2.72. The van der Waals surface area contributed by atoms with Crippen molar-refractivity contribution in [3.8, 4) is 11.7 Å². The minimum Gasteiger partial charge on any atom is -0.478 e. The minimum absolute atomic E-state index is 0.453. The second kappa shape index (κ2) is 4.18. The van der Waals surface area contributed by atoms with Crippen molar-refractivity contribution in [2.24, 2.45) is 0 Å². The van der Waals surface area contributed by atoms with E-state index in [9.17, 15) is 0 Å². The van der Waals surface area contributed by atoms with Crippen molar-refractivity contribution in [2.75, 3.05) is 12.3 Å². The van der Waals surface area contributed by atoms with Crippen molar-refractivity contribution in [3.63, 3.8) is 0 Å². The smallest absolute Gasteiger partial charge is 0.218 e. The van der Waals surface area contributed by atoms with Crippen LogP contribution in [0.2, 0.25) is 0 Å². The molecule has 16 heavy (non-hydrogen) atoms. The molecule has 0 saturated heterocycles. The van der Waals surface area contributed by atoms with Crippen molar-refractivity contribution in [1.29, 1.82) is 0 Å². The van der Waals surface area contributed by atoms with Gasteiger partial charge in [0.15, 0.2) is 5.82 Å². The molecule has 0 saturated carbocycles. The molecular formula is C10H13N5O. The molecule has 0 aromatic carbocycles. The van der Waals surface area contributed by atoms with Crippen molar-refractivity contribution in [3.05, 3.63) is 24.2 Å². The number of rotatable bonds is 3. The zero-order chi connectivity index (χ0) is 11.5. The van der Waals surface area contributed by atoms with E-state index >= 15 is 0 Å². The van der Waals surface area contributed by atoms with E-state index in [-0.39, 0.29) is 0 Å². The molecular weight excluding hydrogens is 206 g/mol. The summed E-state index contributed by atoms with van der Waals surface area (Å²) < 4.78 is 6.92. The number of nitrogens with zero attached hydrogens (tertiary/aromatic N) is 4. The Balaban J connectivity index is 2.40. The molecule has 0 unspecified atom stereocenters. The van der Waals surface area contributed by atoms with Gasteiger partial charge in [0.25, 0.3) is 0 Å². The van der Waals surface area contributed by atoms with Crippen molar-refractivity contribution < 1.29 is 4.74 Å². The summed E-state index contributed by atoms with van der Waals surface area (Å²) in [5.41, 5.74) is 5.54. The molecule has 6 nitrogen and oxygen atoms in total. The van der Waals surface area contributed by atoms with Crippen LogP contribution in [0.15, 0.2) is 18.3 Å². The van der Waals surface area contributed by atoms with Gasteiger partial charge in [-0.05, 0) is 13.8 Å². The van der Waals surface area contributed by atoms with Gasteiger partial charge in [0.1, 0.15) is 11.6 Å². The van der Waals surface area contributed by atoms with Gasteiger partial charge in [-0.15, -0.1) is 5.10 Å². The summed E-state index contributed by atoms with van der Waals surface area (Å²) in [5, 5.41) is 4.07. The number of aryl methyl sites for hydroxylation is 1. The maximum atomic E-state index is 5.54. The summed E-state index contributed by atoms with van der Waals surface area (Å²) >= 11 is 0. The first-order valence-corrected chi connectivity index (χ1v) is 4.99. The molecule has 0 radical (unpaired) electrons. The molecule has 0 bridgehead atoms. The highest BCUT2D eigenvalue weighted by Crippen LogP contribution is 2.13. The molecule has 0 amide bonds. The van der Waals surface area contributed by atoms with Crippen LogP contribution in [0.5, 0.6) is 5.88 Å².